The quantitative estimate of drug-likeness (QED) is 0.789. The zero-order chi connectivity index (χ0) is 21.1. The number of carbonyl (C=O) groups is 2. The summed E-state index contributed by atoms with van der Waals surface area (Å²) >= 11 is 0. The first-order chi connectivity index (χ1) is 14.4. The number of hydrogen-bond donors (Lipinski definition) is 0. The Morgan fingerprint density at radius 3 is 2.31 bits per heavy atom. The maximum Gasteiger partial charge on any atom is 0.267 e. The number of sulfone groups is 1. The molecule has 0 radical (unpaired) electrons. The van der Waals surface area contributed by atoms with Gasteiger partial charge in [0, 0.05) is 13.5 Å². The Bertz CT molecular complexity index is 1280. The van der Waals surface area contributed by atoms with Gasteiger partial charge >= 0.3 is 0 Å². The zero-order valence-electron chi connectivity index (χ0n) is 16.3. The van der Waals surface area contributed by atoms with Crippen molar-refractivity contribution in [3.05, 3.63) is 94.9 Å². The first-order valence-electron chi connectivity index (χ1n) is 9.75. The molecular formula is C23H17NO4S. The van der Waals surface area contributed by atoms with Gasteiger partial charge in [-0.2, -0.15) is 0 Å². The lowest BCUT2D eigenvalue weighted by atomic mass is 9.78. The smallest absolute Gasteiger partial charge is 0.267 e. The van der Waals surface area contributed by atoms with Crippen LogP contribution in [0.15, 0.2) is 94.3 Å². The van der Waals surface area contributed by atoms with Crippen LogP contribution in [0.5, 0.6) is 0 Å². The molecule has 2 unspecified atom stereocenters. The standard InChI is InChI=1S/C23H17NO4S/c25-18-11-13-23-17(15-18)12-14-24(23)22(26)21(20(23)16-7-3-1-4-8-16)29(27,28)19-9-5-2-6-10-19/h1-11,13,15H,12,14H2/i14D. The Morgan fingerprint density at radius 2 is 1.62 bits per heavy atom. The molecule has 0 bridgehead atoms. The number of benzene rings is 2. The van der Waals surface area contributed by atoms with E-state index >= 15 is 0 Å². The van der Waals surface area contributed by atoms with Crippen LogP contribution < -0.4 is 0 Å². The number of nitrogens with zero attached hydrogens (tertiary/aromatic N) is 1. The van der Waals surface area contributed by atoms with E-state index in [4.69, 9.17) is 1.37 Å². The molecule has 2 atom stereocenters. The van der Waals surface area contributed by atoms with Crippen molar-refractivity contribution in [2.24, 2.45) is 0 Å². The number of allylic oxidation sites excluding steroid dienone is 2. The van der Waals surface area contributed by atoms with Crippen molar-refractivity contribution in [2.45, 2.75) is 16.9 Å². The first-order valence-corrected chi connectivity index (χ1v) is 10.7. The summed E-state index contributed by atoms with van der Waals surface area (Å²) in [6, 6.07) is 16.7. The van der Waals surface area contributed by atoms with Gasteiger partial charge in [0.25, 0.3) is 5.91 Å². The molecule has 5 rings (SSSR count). The Hall–Kier alpha value is -3.25. The second kappa shape index (κ2) is 6.12. The van der Waals surface area contributed by atoms with E-state index < -0.39 is 27.8 Å². The highest BCUT2D eigenvalue weighted by atomic mass is 32.2. The van der Waals surface area contributed by atoms with E-state index in [1.54, 1.807) is 54.6 Å². The van der Waals surface area contributed by atoms with E-state index in [0.29, 0.717) is 16.7 Å². The average Bonchev–Trinajstić information content (AvgIpc) is 3.18. The fourth-order valence-electron chi connectivity index (χ4n) is 4.34. The van der Waals surface area contributed by atoms with Gasteiger partial charge in [-0.25, -0.2) is 8.42 Å². The predicted molar refractivity (Wildman–Crippen MR) is 108 cm³/mol. The van der Waals surface area contributed by atoms with E-state index in [1.807, 2.05) is 0 Å². The molecule has 2 aromatic carbocycles. The topological polar surface area (TPSA) is 71.5 Å². The van der Waals surface area contributed by atoms with Crippen LogP contribution in [0.3, 0.4) is 0 Å². The van der Waals surface area contributed by atoms with Gasteiger partial charge in [-0.05, 0) is 47.9 Å². The number of ketones is 1. The van der Waals surface area contributed by atoms with E-state index in [9.17, 15) is 18.0 Å². The molecular weight excluding hydrogens is 386 g/mol. The molecule has 1 aliphatic carbocycles. The van der Waals surface area contributed by atoms with Crippen LogP contribution in [0.25, 0.3) is 5.57 Å². The summed E-state index contributed by atoms with van der Waals surface area (Å²) in [6.07, 6.45) is 4.54. The van der Waals surface area contributed by atoms with Crippen LogP contribution in [-0.2, 0) is 19.4 Å². The van der Waals surface area contributed by atoms with Crippen molar-refractivity contribution in [2.75, 3.05) is 6.52 Å². The third-order valence-electron chi connectivity index (χ3n) is 5.57. The van der Waals surface area contributed by atoms with Crippen LogP contribution in [0.2, 0.25) is 0 Å². The van der Waals surface area contributed by atoms with Gasteiger partial charge in [0.1, 0.15) is 10.4 Å². The normalized spacial score (nSPS) is 26.3. The molecule has 2 heterocycles. The molecule has 1 spiro atoms. The molecule has 6 heteroatoms. The molecule has 0 N–H and O–H groups in total. The molecule has 1 saturated heterocycles. The molecule has 5 nitrogen and oxygen atoms in total. The Balaban J connectivity index is 1.88. The molecule has 2 aromatic rings. The van der Waals surface area contributed by atoms with E-state index in [2.05, 4.69) is 0 Å². The minimum absolute atomic E-state index is 0.0160. The fourth-order valence-corrected chi connectivity index (χ4v) is 5.96. The zero-order valence-corrected chi connectivity index (χ0v) is 16.1. The fraction of sp³-hybridized carbons (Fsp3) is 0.130. The molecule has 1 fully saturated rings. The van der Waals surface area contributed by atoms with Crippen LogP contribution in [-0.4, -0.2) is 37.1 Å². The Kier molecular flexibility index (Phi) is 3.52. The molecule has 3 aliphatic rings. The Labute approximate surface area is 170 Å². The summed E-state index contributed by atoms with van der Waals surface area (Å²) in [5, 5.41) is 0. The molecule has 0 aromatic heterocycles. The lowest BCUT2D eigenvalue weighted by Crippen LogP contribution is -2.43. The van der Waals surface area contributed by atoms with Crippen molar-refractivity contribution in [3.8, 4) is 0 Å². The summed E-state index contributed by atoms with van der Waals surface area (Å²) in [5.74, 6) is -0.941. The SMILES string of the molecule is [2H]C1CC2=CC(=O)C=CC23C(c2ccccc2)=C(S(=O)(=O)c2ccccc2)C(=O)N13. The first kappa shape index (κ1) is 16.7. The maximum atomic E-state index is 13.6. The van der Waals surface area contributed by atoms with E-state index in [0.717, 1.165) is 0 Å². The van der Waals surface area contributed by atoms with Crippen molar-refractivity contribution in [1.82, 2.24) is 4.90 Å². The highest BCUT2D eigenvalue weighted by molar-refractivity contribution is 7.96. The van der Waals surface area contributed by atoms with Gasteiger partial charge < -0.3 is 4.90 Å². The third-order valence-corrected chi connectivity index (χ3v) is 7.38. The van der Waals surface area contributed by atoms with Crippen molar-refractivity contribution in [1.29, 1.82) is 0 Å². The summed E-state index contributed by atoms with van der Waals surface area (Å²) in [7, 11) is -4.16. The second-order valence-corrected chi connectivity index (χ2v) is 9.01. The number of amides is 1. The van der Waals surface area contributed by atoms with Gasteiger partial charge in [0.05, 0.1) is 4.90 Å². The third kappa shape index (κ3) is 2.36. The van der Waals surface area contributed by atoms with Gasteiger partial charge in [0.15, 0.2) is 5.78 Å². The van der Waals surface area contributed by atoms with Crippen LogP contribution in [0, 0.1) is 0 Å². The number of carbonyl (C=O) groups excluding carboxylic acids is 2. The van der Waals surface area contributed by atoms with Crippen molar-refractivity contribution in [3.63, 3.8) is 0 Å². The second-order valence-electron chi connectivity index (χ2n) is 7.12. The van der Waals surface area contributed by atoms with Crippen LogP contribution in [0.4, 0.5) is 0 Å². The lowest BCUT2D eigenvalue weighted by molar-refractivity contribution is -0.126. The highest BCUT2D eigenvalue weighted by Crippen LogP contribution is 2.54. The monoisotopic (exact) mass is 404 g/mol. The highest BCUT2D eigenvalue weighted by Gasteiger charge is 2.59. The van der Waals surface area contributed by atoms with Crippen molar-refractivity contribution < 1.29 is 19.4 Å². The average molecular weight is 404 g/mol. The minimum atomic E-state index is -4.16. The van der Waals surface area contributed by atoms with Gasteiger partial charge in [-0.1, -0.05) is 48.5 Å². The largest absolute Gasteiger partial charge is 0.321 e. The van der Waals surface area contributed by atoms with Crippen molar-refractivity contribution >= 4 is 27.1 Å². The predicted octanol–water partition coefficient (Wildman–Crippen LogP) is 2.92. The molecule has 1 amide bonds. The number of rotatable bonds is 3. The molecule has 0 saturated carbocycles. The lowest BCUT2D eigenvalue weighted by Gasteiger charge is -2.34. The van der Waals surface area contributed by atoms with Crippen LogP contribution in [0.1, 0.15) is 13.4 Å². The molecule has 29 heavy (non-hydrogen) atoms. The summed E-state index contributed by atoms with van der Waals surface area (Å²) in [5.41, 5.74) is 0.208. The van der Waals surface area contributed by atoms with Gasteiger partial charge in [-0.3, -0.25) is 9.59 Å². The van der Waals surface area contributed by atoms with Gasteiger partial charge in [-0.15, -0.1) is 0 Å². The Morgan fingerprint density at radius 1 is 0.966 bits per heavy atom. The van der Waals surface area contributed by atoms with Crippen LogP contribution >= 0.6 is 0 Å². The summed E-state index contributed by atoms with van der Waals surface area (Å²) in [4.78, 5) is 26.6. The summed E-state index contributed by atoms with van der Waals surface area (Å²) < 4.78 is 35.7. The van der Waals surface area contributed by atoms with E-state index in [1.165, 1.54) is 29.2 Å². The molecule has 144 valence electrons. The van der Waals surface area contributed by atoms with E-state index in [-0.39, 0.29) is 22.0 Å². The summed E-state index contributed by atoms with van der Waals surface area (Å²) in [6.45, 7) is -0.985. The maximum absolute atomic E-state index is 13.6. The molecule has 2 aliphatic heterocycles. The van der Waals surface area contributed by atoms with Gasteiger partial charge in [0.2, 0.25) is 9.84 Å². The minimum Gasteiger partial charge on any atom is -0.321 e. The number of hydrogen-bond acceptors (Lipinski definition) is 4.